The van der Waals surface area contributed by atoms with Crippen LogP contribution < -0.4 is 5.32 Å². The molecule has 0 unspecified atom stereocenters. The molecule has 1 heterocycles. The molecule has 5 nitrogen and oxygen atoms in total. The number of piperazine rings is 1. The Bertz CT molecular complexity index is 868. The van der Waals surface area contributed by atoms with Gasteiger partial charge in [-0.05, 0) is 67.6 Å². The number of unbranched alkanes of at least 4 members (excludes halogenated alkanes) is 1. The molecule has 1 N–H and O–H groups in total. The molecule has 0 spiro atoms. The third-order valence-electron chi connectivity index (χ3n) is 5.84. The molecule has 160 valence electrons. The predicted molar refractivity (Wildman–Crippen MR) is 122 cm³/mol. The van der Waals surface area contributed by atoms with Crippen molar-refractivity contribution in [2.75, 3.05) is 38.0 Å². The number of amides is 2. The van der Waals surface area contributed by atoms with E-state index in [1.54, 1.807) is 0 Å². The molecule has 0 saturated carbocycles. The van der Waals surface area contributed by atoms with Gasteiger partial charge >= 0.3 is 0 Å². The summed E-state index contributed by atoms with van der Waals surface area (Å²) < 4.78 is 0. The van der Waals surface area contributed by atoms with Gasteiger partial charge in [0.25, 0.3) is 5.91 Å². The van der Waals surface area contributed by atoms with Crippen LogP contribution in [0.3, 0.4) is 0 Å². The fraction of sp³-hybridized carbons (Fsp3) is 0.440. The molecule has 2 aromatic carbocycles. The maximum atomic E-state index is 12.8. The highest BCUT2D eigenvalue weighted by Crippen LogP contribution is 2.15. The monoisotopic (exact) mass is 407 g/mol. The summed E-state index contributed by atoms with van der Waals surface area (Å²) in [5, 5.41) is 2.98. The molecule has 1 aliphatic rings. The molecule has 1 saturated heterocycles. The van der Waals surface area contributed by atoms with Crippen LogP contribution in [0, 0.1) is 13.8 Å². The third kappa shape index (κ3) is 5.92. The molecule has 30 heavy (non-hydrogen) atoms. The molecular weight excluding hydrogens is 374 g/mol. The second-order valence-corrected chi connectivity index (χ2v) is 8.22. The van der Waals surface area contributed by atoms with Gasteiger partial charge in [-0.1, -0.05) is 31.5 Å². The van der Waals surface area contributed by atoms with E-state index >= 15 is 0 Å². The van der Waals surface area contributed by atoms with Crippen LogP contribution in [0.5, 0.6) is 0 Å². The van der Waals surface area contributed by atoms with Crippen molar-refractivity contribution < 1.29 is 9.59 Å². The fourth-order valence-corrected chi connectivity index (χ4v) is 3.71. The molecule has 1 aliphatic heterocycles. The SMILES string of the molecule is CCCCc1ccc(NC(=O)CN2CCN(C(=O)c3ccc(C)c(C)c3)CC2)cc1. The fourth-order valence-electron chi connectivity index (χ4n) is 3.71. The number of aryl methyl sites for hydroxylation is 3. The molecule has 2 aromatic rings. The Labute approximate surface area is 180 Å². The number of hydrogen-bond donors (Lipinski definition) is 1. The van der Waals surface area contributed by atoms with Crippen molar-refractivity contribution in [1.82, 2.24) is 9.80 Å². The largest absolute Gasteiger partial charge is 0.336 e. The van der Waals surface area contributed by atoms with Crippen molar-refractivity contribution in [1.29, 1.82) is 0 Å². The van der Waals surface area contributed by atoms with Crippen molar-refractivity contribution in [2.45, 2.75) is 40.0 Å². The Morgan fingerprint density at radius 2 is 1.63 bits per heavy atom. The lowest BCUT2D eigenvalue weighted by Gasteiger charge is -2.34. The summed E-state index contributed by atoms with van der Waals surface area (Å²) in [7, 11) is 0. The summed E-state index contributed by atoms with van der Waals surface area (Å²) in [6.07, 6.45) is 3.45. The average molecular weight is 408 g/mol. The van der Waals surface area contributed by atoms with Crippen LogP contribution in [0.1, 0.15) is 46.8 Å². The topological polar surface area (TPSA) is 52.7 Å². The highest BCUT2D eigenvalue weighted by atomic mass is 16.2. The molecule has 5 heteroatoms. The number of nitrogens with zero attached hydrogens (tertiary/aromatic N) is 2. The zero-order chi connectivity index (χ0) is 21.5. The van der Waals surface area contributed by atoms with Gasteiger partial charge < -0.3 is 10.2 Å². The van der Waals surface area contributed by atoms with E-state index in [0.29, 0.717) is 32.7 Å². The number of hydrogen-bond acceptors (Lipinski definition) is 3. The van der Waals surface area contributed by atoms with Gasteiger partial charge in [0.15, 0.2) is 0 Å². The number of rotatable bonds is 7. The van der Waals surface area contributed by atoms with Crippen LogP contribution in [-0.2, 0) is 11.2 Å². The summed E-state index contributed by atoms with van der Waals surface area (Å²) in [5.41, 5.74) is 5.21. The Kier molecular flexibility index (Phi) is 7.63. The number of anilines is 1. The van der Waals surface area contributed by atoms with Crippen LogP contribution in [0.4, 0.5) is 5.69 Å². The van der Waals surface area contributed by atoms with Gasteiger partial charge in [0.05, 0.1) is 6.54 Å². The van der Waals surface area contributed by atoms with Gasteiger partial charge in [-0.15, -0.1) is 0 Å². The van der Waals surface area contributed by atoms with E-state index in [9.17, 15) is 9.59 Å². The van der Waals surface area contributed by atoms with Crippen molar-refractivity contribution in [2.24, 2.45) is 0 Å². The Morgan fingerprint density at radius 3 is 2.27 bits per heavy atom. The Morgan fingerprint density at radius 1 is 0.933 bits per heavy atom. The van der Waals surface area contributed by atoms with Crippen LogP contribution in [0.15, 0.2) is 42.5 Å². The smallest absolute Gasteiger partial charge is 0.253 e. The first-order valence-electron chi connectivity index (χ1n) is 10.9. The van der Waals surface area contributed by atoms with E-state index in [4.69, 9.17) is 0 Å². The number of carbonyl (C=O) groups is 2. The van der Waals surface area contributed by atoms with Gasteiger partial charge in [0.1, 0.15) is 0 Å². The zero-order valence-electron chi connectivity index (χ0n) is 18.4. The minimum Gasteiger partial charge on any atom is -0.336 e. The maximum Gasteiger partial charge on any atom is 0.253 e. The maximum absolute atomic E-state index is 12.8. The van der Waals surface area contributed by atoms with Gasteiger partial charge in [0.2, 0.25) is 5.91 Å². The Hall–Kier alpha value is -2.66. The van der Waals surface area contributed by atoms with E-state index in [1.807, 2.05) is 49.1 Å². The van der Waals surface area contributed by atoms with Gasteiger partial charge in [-0.2, -0.15) is 0 Å². The first kappa shape index (κ1) is 22.0. The third-order valence-corrected chi connectivity index (χ3v) is 5.84. The van der Waals surface area contributed by atoms with Crippen LogP contribution in [0.25, 0.3) is 0 Å². The first-order chi connectivity index (χ1) is 14.5. The molecule has 1 fully saturated rings. The number of benzene rings is 2. The van der Waals surface area contributed by atoms with E-state index in [2.05, 4.69) is 29.3 Å². The van der Waals surface area contributed by atoms with Gasteiger partial charge in [-0.3, -0.25) is 14.5 Å². The van der Waals surface area contributed by atoms with Crippen molar-refractivity contribution in [3.8, 4) is 0 Å². The second-order valence-electron chi connectivity index (χ2n) is 8.22. The minimum atomic E-state index is -0.00903. The van der Waals surface area contributed by atoms with E-state index in [0.717, 1.165) is 23.2 Å². The van der Waals surface area contributed by atoms with Crippen molar-refractivity contribution >= 4 is 17.5 Å². The van der Waals surface area contributed by atoms with Crippen molar-refractivity contribution in [3.05, 3.63) is 64.7 Å². The summed E-state index contributed by atoms with van der Waals surface area (Å²) in [6.45, 7) is 9.32. The molecule has 3 rings (SSSR count). The lowest BCUT2D eigenvalue weighted by Crippen LogP contribution is -2.50. The van der Waals surface area contributed by atoms with E-state index in [-0.39, 0.29) is 11.8 Å². The summed E-state index contributed by atoms with van der Waals surface area (Å²) in [5.74, 6) is 0.0654. The van der Waals surface area contributed by atoms with E-state index in [1.165, 1.54) is 24.0 Å². The average Bonchev–Trinajstić information content (AvgIpc) is 2.75. The normalized spacial score (nSPS) is 14.6. The number of carbonyl (C=O) groups excluding carboxylic acids is 2. The van der Waals surface area contributed by atoms with Crippen LogP contribution in [0.2, 0.25) is 0 Å². The van der Waals surface area contributed by atoms with Gasteiger partial charge in [-0.25, -0.2) is 0 Å². The van der Waals surface area contributed by atoms with E-state index < -0.39 is 0 Å². The standard InChI is InChI=1S/C25H33N3O2/c1-4-5-6-21-8-11-23(12-9-21)26-24(29)18-27-13-15-28(16-14-27)25(30)22-10-7-19(2)20(3)17-22/h7-12,17H,4-6,13-16,18H2,1-3H3,(H,26,29). The summed E-state index contributed by atoms with van der Waals surface area (Å²) >= 11 is 0. The van der Waals surface area contributed by atoms with Crippen LogP contribution >= 0.6 is 0 Å². The quantitative estimate of drug-likeness (QED) is 0.754. The second kappa shape index (κ2) is 10.4. The van der Waals surface area contributed by atoms with Crippen LogP contribution in [-0.4, -0.2) is 54.3 Å². The Balaban J connectivity index is 1.45. The molecule has 0 atom stereocenters. The molecular formula is C25H33N3O2. The van der Waals surface area contributed by atoms with Crippen molar-refractivity contribution in [3.63, 3.8) is 0 Å². The first-order valence-corrected chi connectivity index (χ1v) is 10.9. The highest BCUT2D eigenvalue weighted by Gasteiger charge is 2.23. The minimum absolute atomic E-state index is 0.00903. The predicted octanol–water partition coefficient (Wildman–Crippen LogP) is 4.04. The lowest BCUT2D eigenvalue weighted by molar-refractivity contribution is -0.117. The molecule has 0 aromatic heterocycles. The molecule has 0 aliphatic carbocycles. The molecule has 0 radical (unpaired) electrons. The molecule has 0 bridgehead atoms. The lowest BCUT2D eigenvalue weighted by atomic mass is 10.1. The summed E-state index contributed by atoms with van der Waals surface area (Å²) in [4.78, 5) is 29.2. The molecule has 2 amide bonds. The highest BCUT2D eigenvalue weighted by molar-refractivity contribution is 5.95. The summed E-state index contributed by atoms with van der Waals surface area (Å²) in [6, 6.07) is 14.0. The van der Waals surface area contributed by atoms with Gasteiger partial charge in [0, 0.05) is 37.4 Å². The number of nitrogens with one attached hydrogen (secondary N) is 1. The zero-order valence-corrected chi connectivity index (χ0v) is 18.4.